The number of nitrogens with one attached hydrogen (secondary N) is 4. The minimum absolute atomic E-state index is 0.0230. The summed E-state index contributed by atoms with van der Waals surface area (Å²) in [5.41, 5.74) is 2.43. The normalized spacial score (nSPS) is 16.3. The molecule has 0 aliphatic carbocycles. The molecule has 1 fully saturated rings. The van der Waals surface area contributed by atoms with Gasteiger partial charge in [-0.05, 0) is 59.3 Å². The van der Waals surface area contributed by atoms with Crippen molar-refractivity contribution in [3.63, 3.8) is 0 Å². The summed E-state index contributed by atoms with van der Waals surface area (Å²) in [5, 5.41) is 26.7. The van der Waals surface area contributed by atoms with Crippen molar-refractivity contribution in [2.24, 2.45) is 17.3 Å². The topological polar surface area (TPSA) is 241 Å². The number of likely N-dealkylation sites (tertiary alicyclic amines) is 1. The molecule has 3 rings (SSSR count). The minimum Gasteiger partial charge on any atom is -0.481 e. The van der Waals surface area contributed by atoms with Gasteiger partial charge in [-0.3, -0.25) is 43.8 Å². The van der Waals surface area contributed by atoms with Gasteiger partial charge in [0.2, 0.25) is 11.8 Å². The van der Waals surface area contributed by atoms with Crippen LogP contribution < -0.4 is 26.1 Å². The van der Waals surface area contributed by atoms with Gasteiger partial charge in [0.25, 0.3) is 11.8 Å². The summed E-state index contributed by atoms with van der Waals surface area (Å²) >= 11 is 0. The number of benzene rings is 2. The smallest absolute Gasteiger partial charge is 0.325 e. The van der Waals surface area contributed by atoms with E-state index in [0.29, 0.717) is 22.7 Å². The summed E-state index contributed by atoms with van der Waals surface area (Å²) in [5.74, 6) is -14.1. The highest BCUT2D eigenvalue weighted by atomic mass is 19.1. The quantitative estimate of drug-likeness (QED) is 0.113. The number of carboxylic acid groups (broad SMARTS) is 2. The molecule has 1 heterocycles. The van der Waals surface area contributed by atoms with Crippen LogP contribution >= 0.6 is 0 Å². The Bertz CT molecular complexity index is 1940. The number of nitrogens with zero attached hydrogens (tertiary/aromatic N) is 2. The molecule has 6 amide bonds. The molecule has 1 aliphatic heterocycles. The number of hydrazine groups is 1. The molecule has 4 atom stereocenters. The van der Waals surface area contributed by atoms with Crippen molar-refractivity contribution >= 4 is 53.1 Å². The number of carbonyl (C=O) groups is 8. The summed E-state index contributed by atoms with van der Waals surface area (Å²) in [6.07, 6.45) is -0.329. The summed E-state index contributed by atoms with van der Waals surface area (Å²) in [4.78, 5) is 106. The van der Waals surface area contributed by atoms with E-state index in [0.717, 1.165) is 23.1 Å². The SMILES string of the molecule is CC(C)C(NC(=O)C(CC(=O)O)NC(=O)C(=O)Nc1ccccc1C(C)(C)C)C(=O)N1CC[C@H](CC(C)(C)C)[C@H]1C(=O)NN(CC(=O)O)C(=O)COc1c(F)cccc1F. The van der Waals surface area contributed by atoms with Gasteiger partial charge >= 0.3 is 23.8 Å². The third-order valence-corrected chi connectivity index (χ3v) is 9.47. The van der Waals surface area contributed by atoms with Crippen molar-refractivity contribution < 1.29 is 62.1 Å². The first kappa shape index (κ1) is 48.2. The molecule has 328 valence electrons. The zero-order valence-electron chi connectivity index (χ0n) is 34.9. The molecular weight excluding hydrogens is 790 g/mol. The van der Waals surface area contributed by atoms with Gasteiger partial charge in [0.15, 0.2) is 24.0 Å². The van der Waals surface area contributed by atoms with Crippen LogP contribution in [0.5, 0.6) is 5.75 Å². The molecule has 2 unspecified atom stereocenters. The summed E-state index contributed by atoms with van der Waals surface area (Å²) in [6, 6.07) is 4.99. The fourth-order valence-electron chi connectivity index (χ4n) is 6.80. The number of carbonyl (C=O) groups excluding carboxylic acids is 6. The molecule has 17 nitrogen and oxygen atoms in total. The molecule has 0 radical (unpaired) electrons. The monoisotopic (exact) mass is 844 g/mol. The van der Waals surface area contributed by atoms with E-state index in [1.54, 1.807) is 38.1 Å². The molecular formula is C41H54F2N6O11. The van der Waals surface area contributed by atoms with Gasteiger partial charge in [-0.15, -0.1) is 0 Å². The van der Waals surface area contributed by atoms with Crippen molar-refractivity contribution in [1.29, 1.82) is 0 Å². The van der Waals surface area contributed by atoms with Gasteiger partial charge in [-0.25, -0.2) is 13.8 Å². The molecule has 0 aromatic heterocycles. The lowest BCUT2D eigenvalue weighted by molar-refractivity contribution is -0.154. The third kappa shape index (κ3) is 13.5. The Labute approximate surface area is 346 Å². The molecule has 6 N–H and O–H groups in total. The van der Waals surface area contributed by atoms with E-state index in [2.05, 4.69) is 21.4 Å². The molecule has 0 saturated carbocycles. The number of para-hydroxylation sites is 2. The second-order valence-corrected chi connectivity index (χ2v) is 17.1. The second-order valence-electron chi connectivity index (χ2n) is 17.1. The Morgan fingerprint density at radius 2 is 1.48 bits per heavy atom. The maximum atomic E-state index is 14.4. The van der Waals surface area contributed by atoms with Gasteiger partial charge < -0.3 is 35.8 Å². The fourth-order valence-corrected chi connectivity index (χ4v) is 6.80. The Hall–Kier alpha value is -6.14. The molecule has 0 spiro atoms. The van der Waals surface area contributed by atoms with Crippen molar-refractivity contribution in [1.82, 2.24) is 26.0 Å². The second kappa shape index (κ2) is 20.2. The van der Waals surface area contributed by atoms with E-state index in [9.17, 15) is 57.4 Å². The van der Waals surface area contributed by atoms with E-state index >= 15 is 0 Å². The molecule has 1 aliphatic rings. The molecule has 19 heteroatoms. The van der Waals surface area contributed by atoms with Crippen molar-refractivity contribution in [2.45, 2.75) is 98.2 Å². The van der Waals surface area contributed by atoms with E-state index in [4.69, 9.17) is 4.74 Å². The Morgan fingerprint density at radius 1 is 0.867 bits per heavy atom. The first-order valence-corrected chi connectivity index (χ1v) is 19.2. The first-order valence-electron chi connectivity index (χ1n) is 19.2. The van der Waals surface area contributed by atoms with E-state index in [-0.39, 0.29) is 13.0 Å². The van der Waals surface area contributed by atoms with E-state index in [1.165, 1.54) is 0 Å². The van der Waals surface area contributed by atoms with Crippen molar-refractivity contribution in [2.75, 3.05) is 25.0 Å². The number of halogens is 2. The molecule has 2 aromatic carbocycles. The van der Waals surface area contributed by atoms with Gasteiger partial charge in [0.05, 0.1) is 6.42 Å². The Kier molecular flexibility index (Phi) is 16.2. The van der Waals surface area contributed by atoms with Crippen molar-refractivity contribution in [3.05, 3.63) is 59.7 Å². The average Bonchev–Trinajstić information content (AvgIpc) is 3.53. The molecule has 60 heavy (non-hydrogen) atoms. The fraction of sp³-hybridized carbons (Fsp3) is 0.512. The predicted octanol–water partition coefficient (Wildman–Crippen LogP) is 2.98. The predicted molar refractivity (Wildman–Crippen MR) is 212 cm³/mol. The molecule has 2 aromatic rings. The minimum atomic E-state index is -1.82. The Morgan fingerprint density at radius 3 is 2.03 bits per heavy atom. The van der Waals surface area contributed by atoms with Gasteiger partial charge in [0, 0.05) is 12.2 Å². The van der Waals surface area contributed by atoms with Crippen LogP contribution in [0.4, 0.5) is 14.5 Å². The van der Waals surface area contributed by atoms with E-state index < -0.39 is 125 Å². The number of hydrogen-bond donors (Lipinski definition) is 6. The highest BCUT2D eigenvalue weighted by Crippen LogP contribution is 2.36. The lowest BCUT2D eigenvalue weighted by atomic mass is 9.81. The third-order valence-electron chi connectivity index (χ3n) is 9.47. The maximum absolute atomic E-state index is 14.4. The van der Waals surface area contributed by atoms with Crippen molar-refractivity contribution in [3.8, 4) is 5.75 Å². The first-order chi connectivity index (χ1) is 27.8. The van der Waals surface area contributed by atoms with Crippen LogP contribution in [0.25, 0.3) is 0 Å². The maximum Gasteiger partial charge on any atom is 0.325 e. The number of rotatable bonds is 15. The van der Waals surface area contributed by atoms with Crippen LogP contribution in [-0.2, 0) is 43.8 Å². The van der Waals surface area contributed by atoms with Crippen LogP contribution in [-0.4, -0.2) is 105 Å². The lowest BCUT2D eigenvalue weighted by Crippen LogP contribution is -2.61. The molecule has 1 saturated heterocycles. The van der Waals surface area contributed by atoms with Crippen LogP contribution in [0.3, 0.4) is 0 Å². The van der Waals surface area contributed by atoms with Crippen LogP contribution in [0, 0.1) is 28.9 Å². The van der Waals surface area contributed by atoms with Crippen LogP contribution in [0.2, 0.25) is 0 Å². The largest absolute Gasteiger partial charge is 0.481 e. The summed E-state index contributed by atoms with van der Waals surface area (Å²) in [7, 11) is 0. The standard InChI is InChI=1S/C41H54F2N6O11/c1-22(2)32(46-35(55)28(18-30(51)52)45-38(58)37(57)44-27-15-10-9-12-24(27)41(6,7)8)39(59)48-17-16-23(19-40(3,4)5)33(48)36(56)47-49(20-31(53)54)29(50)21-60-34-25(42)13-11-14-26(34)43/h9-15,22-23,28,32-33H,16-21H2,1-8H3,(H,44,57)(H,45,58)(H,46,55)(H,47,56)(H,51,52)(H,53,54)/t23-,28?,32?,33+/m1/s1. The van der Waals surface area contributed by atoms with Gasteiger partial charge in [-0.2, -0.15) is 0 Å². The van der Waals surface area contributed by atoms with Gasteiger partial charge in [-0.1, -0.05) is 79.7 Å². The zero-order valence-corrected chi connectivity index (χ0v) is 34.9. The Balaban J connectivity index is 1.86. The van der Waals surface area contributed by atoms with E-state index in [1.807, 2.05) is 41.5 Å². The molecule has 0 bridgehead atoms. The highest BCUT2D eigenvalue weighted by Gasteiger charge is 2.46. The average molecular weight is 845 g/mol. The van der Waals surface area contributed by atoms with Gasteiger partial charge in [0.1, 0.15) is 24.7 Å². The highest BCUT2D eigenvalue weighted by molar-refractivity contribution is 6.40. The zero-order chi connectivity index (χ0) is 45.3. The summed E-state index contributed by atoms with van der Waals surface area (Å²) in [6.45, 7) is 12.3. The lowest BCUT2D eigenvalue weighted by Gasteiger charge is -2.35. The number of carboxylic acids is 2. The summed E-state index contributed by atoms with van der Waals surface area (Å²) < 4.78 is 33.3. The number of hydrogen-bond acceptors (Lipinski definition) is 9. The number of ether oxygens (including phenoxy) is 1. The van der Waals surface area contributed by atoms with Crippen LogP contribution in [0.1, 0.15) is 80.2 Å². The number of amides is 6. The van der Waals surface area contributed by atoms with Crippen LogP contribution in [0.15, 0.2) is 42.5 Å². The number of anilines is 1. The number of aliphatic carboxylic acids is 2.